The Morgan fingerprint density at radius 2 is 1.86 bits per heavy atom. The van der Waals surface area contributed by atoms with E-state index in [4.69, 9.17) is 4.74 Å². The van der Waals surface area contributed by atoms with Gasteiger partial charge in [0.1, 0.15) is 0 Å². The molecule has 21 heavy (non-hydrogen) atoms. The zero-order chi connectivity index (χ0) is 15.3. The third kappa shape index (κ3) is 2.46. The van der Waals surface area contributed by atoms with Crippen molar-refractivity contribution < 1.29 is 4.74 Å². The van der Waals surface area contributed by atoms with E-state index in [0.717, 1.165) is 38.8 Å². The fourth-order valence-electron chi connectivity index (χ4n) is 5.17. The smallest absolute Gasteiger partial charge is 0.0594 e. The highest BCUT2D eigenvalue weighted by molar-refractivity contribution is 5.13. The van der Waals surface area contributed by atoms with Crippen LogP contribution in [0.25, 0.3) is 0 Å². The van der Waals surface area contributed by atoms with Crippen molar-refractivity contribution in [1.29, 1.82) is 0 Å². The molecule has 0 spiro atoms. The van der Waals surface area contributed by atoms with Crippen LogP contribution < -0.4 is 5.32 Å². The van der Waals surface area contributed by atoms with Gasteiger partial charge < -0.3 is 10.1 Å². The largest absolute Gasteiger partial charge is 0.379 e. The molecule has 2 bridgehead atoms. The summed E-state index contributed by atoms with van der Waals surface area (Å²) in [5.41, 5.74) is 1.22. The minimum atomic E-state index is 0.228. The van der Waals surface area contributed by atoms with Crippen molar-refractivity contribution in [1.82, 2.24) is 10.2 Å². The molecular formula is C18H34N2O. The molecule has 0 aromatic carbocycles. The van der Waals surface area contributed by atoms with Crippen molar-refractivity contribution in [2.24, 2.45) is 16.7 Å². The van der Waals surface area contributed by atoms with E-state index < -0.39 is 0 Å². The van der Waals surface area contributed by atoms with Gasteiger partial charge in [0, 0.05) is 31.2 Å². The molecule has 3 rings (SSSR count). The van der Waals surface area contributed by atoms with E-state index in [1.54, 1.807) is 0 Å². The highest BCUT2D eigenvalue weighted by Gasteiger charge is 2.61. The lowest BCUT2D eigenvalue weighted by Crippen LogP contribution is -2.57. The van der Waals surface area contributed by atoms with Crippen LogP contribution in [0.4, 0.5) is 0 Å². The van der Waals surface area contributed by atoms with Crippen LogP contribution in [-0.4, -0.2) is 49.3 Å². The minimum absolute atomic E-state index is 0.228. The first-order valence-corrected chi connectivity index (χ1v) is 8.83. The third-order valence-electron chi connectivity index (χ3n) is 7.44. The standard InChI is InChI=1S/C18H34N2O/c1-16(2,20-8-10-21-11-9-20)13-19-15-12-14-6-7-18(15,5)17(14,3)4/h14-15,19H,6-13H2,1-5H3. The van der Waals surface area contributed by atoms with Gasteiger partial charge in [-0.1, -0.05) is 20.8 Å². The summed E-state index contributed by atoms with van der Waals surface area (Å²) in [5, 5.41) is 3.96. The molecule has 1 N–H and O–H groups in total. The molecule has 3 fully saturated rings. The molecule has 0 amide bonds. The molecule has 122 valence electrons. The lowest BCUT2D eigenvalue weighted by molar-refractivity contribution is -0.0124. The van der Waals surface area contributed by atoms with Gasteiger partial charge in [0.25, 0.3) is 0 Å². The minimum Gasteiger partial charge on any atom is -0.379 e. The topological polar surface area (TPSA) is 24.5 Å². The van der Waals surface area contributed by atoms with E-state index in [1.807, 2.05) is 0 Å². The SMILES string of the molecule is CC(C)(CNC1CC2CCC1(C)C2(C)C)N1CCOCC1. The van der Waals surface area contributed by atoms with Gasteiger partial charge in [0.2, 0.25) is 0 Å². The lowest BCUT2D eigenvalue weighted by atomic mass is 9.69. The van der Waals surface area contributed by atoms with Gasteiger partial charge in [-0.25, -0.2) is 0 Å². The van der Waals surface area contributed by atoms with E-state index in [9.17, 15) is 0 Å². The van der Waals surface area contributed by atoms with Crippen LogP contribution in [0.1, 0.15) is 53.9 Å². The van der Waals surface area contributed by atoms with Gasteiger partial charge in [0.15, 0.2) is 0 Å². The number of hydrogen-bond donors (Lipinski definition) is 1. The average Bonchev–Trinajstić information content (AvgIpc) is 2.79. The maximum Gasteiger partial charge on any atom is 0.0594 e. The van der Waals surface area contributed by atoms with Crippen LogP contribution in [0.5, 0.6) is 0 Å². The monoisotopic (exact) mass is 294 g/mol. The molecule has 1 heterocycles. The number of nitrogens with zero attached hydrogens (tertiary/aromatic N) is 1. The lowest BCUT2D eigenvalue weighted by Gasteiger charge is -2.44. The number of rotatable bonds is 4. The van der Waals surface area contributed by atoms with Crippen LogP contribution in [-0.2, 0) is 4.74 Å². The Balaban J connectivity index is 1.61. The molecule has 3 atom stereocenters. The number of hydrogen-bond acceptors (Lipinski definition) is 3. The summed E-state index contributed by atoms with van der Waals surface area (Å²) in [7, 11) is 0. The Morgan fingerprint density at radius 1 is 1.19 bits per heavy atom. The van der Waals surface area contributed by atoms with E-state index >= 15 is 0 Å². The van der Waals surface area contributed by atoms with E-state index in [-0.39, 0.29) is 5.54 Å². The van der Waals surface area contributed by atoms with Crippen molar-refractivity contribution in [3.63, 3.8) is 0 Å². The number of morpholine rings is 1. The third-order valence-corrected chi connectivity index (χ3v) is 7.44. The van der Waals surface area contributed by atoms with Crippen molar-refractivity contribution in [2.45, 2.75) is 65.5 Å². The first-order valence-electron chi connectivity index (χ1n) is 8.83. The Labute approximate surface area is 130 Å². The summed E-state index contributed by atoms with van der Waals surface area (Å²) in [6.45, 7) is 17.3. The highest BCUT2D eigenvalue weighted by atomic mass is 16.5. The van der Waals surface area contributed by atoms with Gasteiger partial charge >= 0.3 is 0 Å². The van der Waals surface area contributed by atoms with Crippen molar-refractivity contribution in [2.75, 3.05) is 32.8 Å². The summed E-state index contributed by atoms with van der Waals surface area (Å²) in [6.07, 6.45) is 4.22. The van der Waals surface area contributed by atoms with Crippen LogP contribution in [0.2, 0.25) is 0 Å². The molecule has 1 saturated heterocycles. The van der Waals surface area contributed by atoms with Gasteiger partial charge in [-0.2, -0.15) is 0 Å². The second-order valence-corrected chi connectivity index (χ2v) is 8.96. The van der Waals surface area contributed by atoms with E-state index in [1.165, 1.54) is 19.3 Å². The molecule has 3 heteroatoms. The Kier molecular flexibility index (Phi) is 3.91. The Bertz CT molecular complexity index is 387. The van der Waals surface area contributed by atoms with Gasteiger partial charge in [-0.05, 0) is 49.9 Å². The molecular weight excluding hydrogens is 260 g/mol. The van der Waals surface area contributed by atoms with Gasteiger partial charge in [0.05, 0.1) is 13.2 Å². The van der Waals surface area contributed by atoms with Gasteiger partial charge in [-0.15, -0.1) is 0 Å². The zero-order valence-electron chi connectivity index (χ0n) is 14.7. The van der Waals surface area contributed by atoms with E-state index in [2.05, 4.69) is 44.8 Å². The molecule has 0 aromatic heterocycles. The molecule has 1 aliphatic heterocycles. The highest BCUT2D eigenvalue weighted by Crippen LogP contribution is 2.65. The van der Waals surface area contributed by atoms with Crippen molar-refractivity contribution >= 4 is 0 Å². The molecule has 2 aliphatic carbocycles. The second-order valence-electron chi connectivity index (χ2n) is 8.96. The van der Waals surface area contributed by atoms with Crippen LogP contribution in [0.15, 0.2) is 0 Å². The average molecular weight is 294 g/mol. The molecule has 3 aliphatic rings. The van der Waals surface area contributed by atoms with Crippen molar-refractivity contribution in [3.8, 4) is 0 Å². The molecule has 0 aromatic rings. The quantitative estimate of drug-likeness (QED) is 0.863. The molecule has 3 unspecified atom stereocenters. The maximum absolute atomic E-state index is 5.49. The van der Waals surface area contributed by atoms with Crippen LogP contribution in [0.3, 0.4) is 0 Å². The number of ether oxygens (including phenoxy) is 1. The Hall–Kier alpha value is -0.120. The Morgan fingerprint density at radius 3 is 2.38 bits per heavy atom. The van der Waals surface area contributed by atoms with Gasteiger partial charge in [-0.3, -0.25) is 4.90 Å². The van der Waals surface area contributed by atoms with Crippen molar-refractivity contribution in [3.05, 3.63) is 0 Å². The summed E-state index contributed by atoms with van der Waals surface area (Å²) >= 11 is 0. The predicted octanol–water partition coefficient (Wildman–Crippen LogP) is 2.90. The number of nitrogens with one attached hydrogen (secondary N) is 1. The zero-order valence-corrected chi connectivity index (χ0v) is 14.7. The van der Waals surface area contributed by atoms with Crippen LogP contribution in [0, 0.1) is 16.7 Å². The summed E-state index contributed by atoms with van der Waals surface area (Å²) in [6, 6.07) is 0.701. The summed E-state index contributed by atoms with van der Waals surface area (Å²) in [5.74, 6) is 0.923. The molecule has 3 nitrogen and oxygen atoms in total. The number of fused-ring (bicyclic) bond motifs is 2. The fourth-order valence-corrected chi connectivity index (χ4v) is 5.17. The first-order chi connectivity index (χ1) is 9.77. The fraction of sp³-hybridized carbons (Fsp3) is 1.00. The van der Waals surface area contributed by atoms with Crippen LogP contribution >= 0.6 is 0 Å². The summed E-state index contributed by atoms with van der Waals surface area (Å²) < 4.78 is 5.49. The normalized spacial score (nSPS) is 39.9. The van der Waals surface area contributed by atoms with E-state index in [0.29, 0.717) is 16.9 Å². The summed E-state index contributed by atoms with van der Waals surface area (Å²) in [4.78, 5) is 2.59. The molecule has 2 saturated carbocycles. The predicted molar refractivity (Wildman–Crippen MR) is 87.5 cm³/mol. The first kappa shape index (κ1) is 15.8. The maximum atomic E-state index is 5.49. The second kappa shape index (κ2) is 5.21. The molecule has 0 radical (unpaired) electrons.